The van der Waals surface area contributed by atoms with E-state index in [1.54, 1.807) is 6.20 Å². The number of hydrogen-bond acceptors (Lipinski definition) is 9. The van der Waals surface area contributed by atoms with E-state index in [0.29, 0.717) is 10.8 Å². The molecule has 0 spiro atoms. The summed E-state index contributed by atoms with van der Waals surface area (Å²) in [5.41, 5.74) is 1.96. The third kappa shape index (κ3) is 4.11. The van der Waals surface area contributed by atoms with Crippen LogP contribution in [0, 0.1) is 0 Å². The lowest BCUT2D eigenvalue weighted by Gasteiger charge is -2.31. The molecule has 3 aromatic heterocycles. The predicted octanol–water partition coefficient (Wildman–Crippen LogP) is 3.99. The third-order valence-corrected chi connectivity index (χ3v) is 7.20. The topological polar surface area (TPSA) is 83.3 Å². The van der Waals surface area contributed by atoms with E-state index in [2.05, 4.69) is 44.0 Å². The summed E-state index contributed by atoms with van der Waals surface area (Å²) in [6.45, 7) is 7.06. The van der Waals surface area contributed by atoms with Gasteiger partial charge in [-0.25, -0.2) is 18.7 Å². The molecule has 8 nitrogen and oxygen atoms in total. The second-order valence-electron chi connectivity index (χ2n) is 8.26. The molecule has 3 aromatic rings. The molecule has 0 unspecified atom stereocenters. The highest BCUT2D eigenvalue weighted by atomic mass is 32.2. The lowest BCUT2D eigenvalue weighted by Crippen LogP contribution is -2.41. The number of imidazole rings is 1. The molecule has 1 fully saturated rings. The van der Waals surface area contributed by atoms with Crippen molar-refractivity contribution in [3.63, 3.8) is 0 Å². The number of rotatable bonds is 6. The largest absolute Gasteiger partial charge is 0.383 e. The van der Waals surface area contributed by atoms with Crippen molar-refractivity contribution in [3.8, 4) is 10.8 Å². The molecule has 5 rings (SSSR count). The first-order chi connectivity index (χ1) is 14.8. The molecule has 0 saturated heterocycles. The van der Waals surface area contributed by atoms with Crippen molar-refractivity contribution >= 4 is 34.6 Å². The van der Waals surface area contributed by atoms with E-state index >= 15 is 0 Å². The van der Waals surface area contributed by atoms with Gasteiger partial charge in [-0.15, -0.1) is 10.2 Å². The molecule has 0 radical (unpaired) electrons. The zero-order valence-electron chi connectivity index (χ0n) is 17.3. The van der Waals surface area contributed by atoms with E-state index in [0.717, 1.165) is 52.8 Å². The fourth-order valence-electron chi connectivity index (χ4n) is 3.46. The third-order valence-electron chi connectivity index (χ3n) is 5.27. The minimum absolute atomic E-state index is 0.130. The average Bonchev–Trinajstić information content (AvgIpc) is 3.12. The zero-order chi connectivity index (χ0) is 21.8. The Morgan fingerprint density at radius 1 is 1.35 bits per heavy atom. The van der Waals surface area contributed by atoms with Gasteiger partial charge in [0, 0.05) is 36.2 Å². The fourth-order valence-corrected chi connectivity index (χ4v) is 4.99. The van der Waals surface area contributed by atoms with Gasteiger partial charge in [0.1, 0.15) is 10.5 Å². The van der Waals surface area contributed by atoms with Crippen LogP contribution < -0.4 is 14.9 Å². The van der Waals surface area contributed by atoms with Crippen molar-refractivity contribution in [1.82, 2.24) is 34.6 Å². The highest BCUT2D eigenvalue weighted by molar-refractivity contribution is 7.97. The molecule has 164 valence electrons. The number of halogens is 2. The number of aromatic nitrogens is 5. The van der Waals surface area contributed by atoms with Gasteiger partial charge in [-0.3, -0.25) is 9.12 Å². The highest BCUT2D eigenvalue weighted by Gasteiger charge is 2.37. The first-order valence-corrected chi connectivity index (χ1v) is 11.6. The Kier molecular flexibility index (Phi) is 5.10. The van der Waals surface area contributed by atoms with Gasteiger partial charge in [0.25, 0.3) is 6.43 Å². The van der Waals surface area contributed by atoms with Crippen LogP contribution in [0.4, 0.5) is 14.6 Å². The van der Waals surface area contributed by atoms with E-state index in [1.165, 1.54) is 11.9 Å². The first-order valence-electron chi connectivity index (χ1n) is 9.97. The lowest BCUT2D eigenvalue weighted by atomic mass is 10.2. The van der Waals surface area contributed by atoms with Crippen LogP contribution in [0.25, 0.3) is 16.3 Å². The molecule has 1 saturated carbocycles. The molecule has 0 amide bonds. The zero-order valence-corrected chi connectivity index (χ0v) is 18.9. The number of allylic oxidation sites excluding steroid dienone is 1. The molecule has 0 aromatic carbocycles. The van der Waals surface area contributed by atoms with Gasteiger partial charge in [0.05, 0.1) is 6.20 Å². The fraction of sp³-hybridized carbons (Fsp3) is 0.474. The second kappa shape index (κ2) is 7.68. The summed E-state index contributed by atoms with van der Waals surface area (Å²) in [4.78, 5) is 11.5. The molecule has 1 aliphatic carbocycles. The Morgan fingerprint density at radius 3 is 2.84 bits per heavy atom. The highest BCUT2D eigenvalue weighted by Crippen LogP contribution is 2.38. The predicted molar refractivity (Wildman–Crippen MR) is 117 cm³/mol. The number of hydrogen-bond donors (Lipinski definition) is 2. The summed E-state index contributed by atoms with van der Waals surface area (Å²) >= 11 is 2.33. The first kappa shape index (κ1) is 20.6. The van der Waals surface area contributed by atoms with E-state index in [-0.39, 0.29) is 16.6 Å². The Morgan fingerprint density at radius 2 is 2.16 bits per heavy atom. The van der Waals surface area contributed by atoms with Crippen LogP contribution in [-0.4, -0.2) is 42.7 Å². The summed E-state index contributed by atoms with van der Waals surface area (Å²) < 4.78 is 31.4. The quantitative estimate of drug-likeness (QED) is 0.530. The van der Waals surface area contributed by atoms with Crippen molar-refractivity contribution in [3.05, 3.63) is 29.3 Å². The molecule has 2 N–H and O–H groups in total. The minimum atomic E-state index is -2.65. The second-order valence-corrected chi connectivity index (χ2v) is 10.1. The molecule has 2 aliphatic rings. The van der Waals surface area contributed by atoms with Gasteiger partial charge in [0.15, 0.2) is 21.7 Å². The molecule has 4 heterocycles. The maximum Gasteiger partial charge on any atom is 0.291 e. The molecule has 12 heteroatoms. The van der Waals surface area contributed by atoms with Gasteiger partial charge in [-0.05, 0) is 45.6 Å². The minimum Gasteiger partial charge on any atom is -0.383 e. The van der Waals surface area contributed by atoms with Gasteiger partial charge < -0.3 is 10.2 Å². The Hall–Kier alpha value is -2.31. The van der Waals surface area contributed by atoms with Crippen molar-refractivity contribution in [2.45, 2.75) is 56.6 Å². The van der Waals surface area contributed by atoms with Crippen molar-refractivity contribution in [2.75, 3.05) is 11.4 Å². The number of nitrogens with zero attached hydrogens (tertiary/aromatic N) is 6. The van der Waals surface area contributed by atoms with E-state index in [9.17, 15) is 8.78 Å². The summed E-state index contributed by atoms with van der Waals surface area (Å²) in [7, 11) is 0. The Labute approximate surface area is 186 Å². The lowest BCUT2D eigenvalue weighted by molar-refractivity contribution is 0.150. The van der Waals surface area contributed by atoms with Crippen LogP contribution in [0.5, 0.6) is 0 Å². The van der Waals surface area contributed by atoms with E-state index in [4.69, 9.17) is 4.98 Å². The summed E-state index contributed by atoms with van der Waals surface area (Å²) in [6.07, 6.45) is 5.21. The number of fused-ring (bicyclic) bond motifs is 1. The van der Waals surface area contributed by atoms with Crippen LogP contribution in [0.3, 0.4) is 0 Å². The van der Waals surface area contributed by atoms with Gasteiger partial charge in [-0.1, -0.05) is 11.3 Å². The van der Waals surface area contributed by atoms with Gasteiger partial charge >= 0.3 is 0 Å². The van der Waals surface area contributed by atoms with Crippen LogP contribution >= 0.6 is 23.3 Å². The number of alkyl halides is 2. The number of nitrogens with one attached hydrogen (secondary N) is 2. The molecular formula is C19H22F2N8S2. The summed E-state index contributed by atoms with van der Waals surface area (Å²) in [5.74, 6) is 1.24. The maximum absolute atomic E-state index is 13.0. The van der Waals surface area contributed by atoms with Crippen LogP contribution in [0.1, 0.15) is 45.0 Å². The molecule has 1 aliphatic heterocycles. The maximum atomic E-state index is 13.0. The SMILES string of the molecule is CC1=CN(c2nc(SNC3(C)CC3)cn3c(-c4nnc(C(F)F)s4)ncc23)C[C@H](C)N1. The van der Waals surface area contributed by atoms with Crippen molar-refractivity contribution < 1.29 is 8.78 Å². The Balaban J connectivity index is 1.60. The number of anilines is 1. The molecular weight excluding hydrogens is 442 g/mol. The van der Waals surface area contributed by atoms with Gasteiger partial charge in [0.2, 0.25) is 0 Å². The Bertz CT molecular complexity index is 1150. The summed E-state index contributed by atoms with van der Waals surface area (Å²) in [6, 6.07) is 0.255. The average molecular weight is 465 g/mol. The monoisotopic (exact) mass is 464 g/mol. The molecule has 0 bridgehead atoms. The normalized spacial score (nSPS) is 20.3. The van der Waals surface area contributed by atoms with Crippen molar-refractivity contribution in [2.24, 2.45) is 0 Å². The standard InChI is InChI=1S/C19H22F2N8S2/c1-10-7-28(8-11(2)23-10)15-12-6-22-16(18-26-25-17(30-18)14(20)21)29(12)9-13(24-15)31-27-19(3)4-5-19/h6-7,9,11,14,23,27H,4-5,8H2,1-3H3/t11-/m0/s1. The van der Waals surface area contributed by atoms with Crippen molar-refractivity contribution in [1.29, 1.82) is 0 Å². The van der Waals surface area contributed by atoms with E-state index < -0.39 is 6.43 Å². The van der Waals surface area contributed by atoms with E-state index in [1.807, 2.05) is 23.7 Å². The van der Waals surface area contributed by atoms with Crippen LogP contribution in [0.15, 0.2) is 29.3 Å². The van der Waals surface area contributed by atoms with Gasteiger partial charge in [-0.2, -0.15) is 0 Å². The molecule has 31 heavy (non-hydrogen) atoms. The van der Waals surface area contributed by atoms with Crippen LogP contribution in [0.2, 0.25) is 0 Å². The smallest absolute Gasteiger partial charge is 0.291 e. The summed E-state index contributed by atoms with van der Waals surface area (Å²) in [5, 5.41) is 11.8. The molecule has 1 atom stereocenters. The van der Waals surface area contributed by atoms with Crippen LogP contribution in [-0.2, 0) is 0 Å².